The molecule has 3 rings (SSSR count). The number of benzene rings is 2. The number of rotatable bonds is 4. The highest BCUT2D eigenvalue weighted by Gasteiger charge is 2.37. The van der Waals surface area contributed by atoms with Crippen LogP contribution in [0.5, 0.6) is 5.75 Å². The Kier molecular flexibility index (Phi) is 4.78. The fourth-order valence-electron chi connectivity index (χ4n) is 2.98. The van der Waals surface area contributed by atoms with Crippen LogP contribution in [-0.4, -0.2) is 23.2 Å². The first-order valence-corrected chi connectivity index (χ1v) is 8.34. The lowest BCUT2D eigenvalue weighted by Gasteiger charge is -2.23. The number of aliphatic hydroxyl groups is 1. The number of fused-ring (bicyclic) bond motifs is 1. The zero-order valence-corrected chi connectivity index (χ0v) is 14.3. The van der Waals surface area contributed by atoms with Crippen molar-refractivity contribution in [1.29, 1.82) is 0 Å². The Morgan fingerprint density at radius 2 is 1.88 bits per heavy atom. The van der Waals surface area contributed by atoms with Crippen LogP contribution in [0.2, 0.25) is 5.02 Å². The van der Waals surface area contributed by atoms with Gasteiger partial charge in [-0.15, -0.1) is 0 Å². The van der Waals surface area contributed by atoms with Gasteiger partial charge in [-0.1, -0.05) is 48.9 Å². The summed E-state index contributed by atoms with van der Waals surface area (Å²) in [5, 5.41) is 13.9. The quantitative estimate of drug-likeness (QED) is 0.892. The number of para-hydroxylation sites is 1. The topological polar surface area (TPSA) is 58.6 Å². The second-order valence-corrected chi connectivity index (χ2v) is 6.60. The van der Waals surface area contributed by atoms with E-state index in [-0.39, 0.29) is 11.8 Å². The van der Waals surface area contributed by atoms with E-state index < -0.39 is 18.2 Å². The highest BCUT2D eigenvalue weighted by atomic mass is 35.5. The van der Waals surface area contributed by atoms with Gasteiger partial charge in [-0.05, 0) is 30.7 Å². The van der Waals surface area contributed by atoms with Gasteiger partial charge >= 0.3 is 0 Å². The Hall–Kier alpha value is -2.04. The molecule has 2 aromatic rings. The molecule has 126 valence electrons. The van der Waals surface area contributed by atoms with Gasteiger partial charge in [-0.25, -0.2) is 0 Å². The van der Waals surface area contributed by atoms with Crippen LogP contribution in [0.15, 0.2) is 48.5 Å². The fourth-order valence-corrected chi connectivity index (χ4v) is 3.11. The number of hydrogen-bond donors (Lipinski definition) is 2. The third-order valence-corrected chi connectivity index (χ3v) is 4.68. The second-order valence-electron chi connectivity index (χ2n) is 6.16. The first-order chi connectivity index (χ1) is 11.5. The highest BCUT2D eigenvalue weighted by molar-refractivity contribution is 6.30. The summed E-state index contributed by atoms with van der Waals surface area (Å²) in [4.78, 5) is 12.6. The highest BCUT2D eigenvalue weighted by Crippen LogP contribution is 2.37. The molecule has 1 aliphatic rings. The number of hydrogen-bond acceptors (Lipinski definition) is 3. The molecule has 0 radical (unpaired) electrons. The first kappa shape index (κ1) is 16.8. The molecule has 2 N–H and O–H groups in total. The van der Waals surface area contributed by atoms with Crippen LogP contribution >= 0.6 is 11.6 Å². The Labute approximate surface area is 146 Å². The number of carbonyl (C=O) groups excluding carboxylic acids is 1. The molecular weight excluding hydrogens is 326 g/mol. The lowest BCUT2D eigenvalue weighted by atomic mass is 9.96. The zero-order chi connectivity index (χ0) is 17.3. The molecule has 0 saturated heterocycles. The zero-order valence-electron chi connectivity index (χ0n) is 13.6. The van der Waals surface area contributed by atoms with Crippen molar-refractivity contribution in [3.63, 3.8) is 0 Å². The summed E-state index contributed by atoms with van der Waals surface area (Å²) in [7, 11) is 0. The molecule has 2 aromatic carbocycles. The minimum atomic E-state index is -0.815. The van der Waals surface area contributed by atoms with Gasteiger partial charge in [0.05, 0.1) is 12.1 Å². The van der Waals surface area contributed by atoms with E-state index in [2.05, 4.69) is 5.32 Å². The molecule has 5 heteroatoms. The van der Waals surface area contributed by atoms with Crippen molar-refractivity contribution in [3.8, 4) is 5.75 Å². The van der Waals surface area contributed by atoms with Crippen LogP contribution in [0.3, 0.4) is 0 Å². The number of aliphatic hydroxyl groups excluding tert-OH is 1. The molecule has 4 atom stereocenters. The van der Waals surface area contributed by atoms with Gasteiger partial charge in [0.25, 0.3) is 5.91 Å². The maximum atomic E-state index is 12.6. The largest absolute Gasteiger partial charge is 0.480 e. The van der Waals surface area contributed by atoms with Crippen molar-refractivity contribution < 1.29 is 14.6 Å². The Morgan fingerprint density at radius 3 is 2.54 bits per heavy atom. The summed E-state index contributed by atoms with van der Waals surface area (Å²) in [5.41, 5.74) is 1.74. The van der Waals surface area contributed by atoms with Crippen LogP contribution in [-0.2, 0) is 4.79 Å². The number of nitrogens with one attached hydrogen (secondary N) is 1. The van der Waals surface area contributed by atoms with Crippen molar-refractivity contribution in [2.45, 2.75) is 38.0 Å². The van der Waals surface area contributed by atoms with Crippen molar-refractivity contribution in [3.05, 3.63) is 64.7 Å². The van der Waals surface area contributed by atoms with Crippen LogP contribution in [0.25, 0.3) is 0 Å². The standard InChI is InChI=1S/C19H20ClNO3/c1-11-15-5-3-4-6-16(15)24-18(11)19(23)21-12(2)17(22)13-7-9-14(20)10-8-13/h3-12,17-18,22H,1-2H3,(H,21,23). The first-order valence-electron chi connectivity index (χ1n) is 7.97. The van der Waals surface area contributed by atoms with E-state index >= 15 is 0 Å². The second kappa shape index (κ2) is 6.83. The minimum Gasteiger partial charge on any atom is -0.480 e. The predicted molar refractivity (Wildman–Crippen MR) is 93.3 cm³/mol. The van der Waals surface area contributed by atoms with Gasteiger partial charge in [0, 0.05) is 16.5 Å². The van der Waals surface area contributed by atoms with E-state index in [1.54, 1.807) is 31.2 Å². The average molecular weight is 346 g/mol. The maximum Gasteiger partial charge on any atom is 0.262 e. The smallest absolute Gasteiger partial charge is 0.262 e. The number of amides is 1. The van der Waals surface area contributed by atoms with Crippen LogP contribution < -0.4 is 10.1 Å². The normalized spacial score (nSPS) is 21.5. The average Bonchev–Trinajstić information content (AvgIpc) is 2.92. The molecule has 4 unspecified atom stereocenters. The minimum absolute atomic E-state index is 0.0268. The van der Waals surface area contributed by atoms with Crippen molar-refractivity contribution in [2.24, 2.45) is 0 Å². The summed E-state index contributed by atoms with van der Waals surface area (Å²) >= 11 is 5.86. The summed E-state index contributed by atoms with van der Waals surface area (Å²) in [5.74, 6) is 0.497. The molecular formula is C19H20ClNO3. The number of ether oxygens (including phenoxy) is 1. The van der Waals surface area contributed by atoms with E-state index in [0.29, 0.717) is 10.6 Å². The number of halogens is 1. The van der Waals surface area contributed by atoms with E-state index in [9.17, 15) is 9.90 Å². The van der Waals surface area contributed by atoms with E-state index in [1.807, 2.05) is 31.2 Å². The van der Waals surface area contributed by atoms with Gasteiger partial charge in [-0.2, -0.15) is 0 Å². The molecule has 24 heavy (non-hydrogen) atoms. The van der Waals surface area contributed by atoms with Gasteiger partial charge in [0.15, 0.2) is 6.10 Å². The summed E-state index contributed by atoms with van der Waals surface area (Å²) in [6, 6.07) is 14.1. The van der Waals surface area contributed by atoms with Crippen LogP contribution in [0.1, 0.15) is 37.0 Å². The molecule has 0 spiro atoms. The van der Waals surface area contributed by atoms with Gasteiger partial charge in [0.1, 0.15) is 5.75 Å². The predicted octanol–water partition coefficient (Wildman–Crippen LogP) is 3.44. The monoisotopic (exact) mass is 345 g/mol. The van der Waals surface area contributed by atoms with Crippen molar-refractivity contribution in [2.75, 3.05) is 0 Å². The van der Waals surface area contributed by atoms with Crippen LogP contribution in [0, 0.1) is 0 Å². The SMILES string of the molecule is CC(NC(=O)C1Oc2ccccc2C1C)C(O)c1ccc(Cl)cc1. The maximum absolute atomic E-state index is 12.6. The van der Waals surface area contributed by atoms with Crippen LogP contribution in [0.4, 0.5) is 0 Å². The van der Waals surface area contributed by atoms with E-state index in [0.717, 1.165) is 11.3 Å². The molecule has 0 saturated carbocycles. The molecule has 0 aromatic heterocycles. The van der Waals surface area contributed by atoms with Crippen molar-refractivity contribution >= 4 is 17.5 Å². The third kappa shape index (κ3) is 3.25. The fraction of sp³-hybridized carbons (Fsp3) is 0.316. The summed E-state index contributed by atoms with van der Waals surface area (Å²) < 4.78 is 5.77. The van der Waals surface area contributed by atoms with Crippen molar-refractivity contribution in [1.82, 2.24) is 5.32 Å². The molecule has 0 aliphatic carbocycles. The lowest BCUT2D eigenvalue weighted by molar-refractivity contribution is -0.129. The Bertz CT molecular complexity index is 732. The van der Waals surface area contributed by atoms with Gasteiger partial charge in [-0.3, -0.25) is 4.79 Å². The summed E-state index contributed by atoms with van der Waals surface area (Å²) in [6.07, 6.45) is -1.40. The van der Waals surface area contributed by atoms with Gasteiger partial charge in [0.2, 0.25) is 0 Å². The molecule has 1 aliphatic heterocycles. The lowest BCUT2D eigenvalue weighted by Crippen LogP contribution is -2.45. The molecule has 0 bridgehead atoms. The van der Waals surface area contributed by atoms with E-state index in [4.69, 9.17) is 16.3 Å². The Morgan fingerprint density at radius 1 is 1.21 bits per heavy atom. The molecule has 1 heterocycles. The van der Waals surface area contributed by atoms with E-state index in [1.165, 1.54) is 0 Å². The third-order valence-electron chi connectivity index (χ3n) is 4.43. The molecule has 0 fully saturated rings. The Balaban J connectivity index is 1.66. The summed E-state index contributed by atoms with van der Waals surface area (Å²) in [6.45, 7) is 3.74. The van der Waals surface area contributed by atoms with Gasteiger partial charge < -0.3 is 15.2 Å². The molecule has 4 nitrogen and oxygen atoms in total. The molecule has 1 amide bonds. The number of carbonyl (C=O) groups is 1.